The molecule has 1 aromatic rings. The maximum absolute atomic E-state index is 11.9. The van der Waals surface area contributed by atoms with Crippen LogP contribution < -0.4 is 15.0 Å². The Bertz CT molecular complexity index is 555. The molecule has 1 N–H and O–H groups in total. The van der Waals surface area contributed by atoms with E-state index in [-0.39, 0.29) is 11.8 Å². The van der Waals surface area contributed by atoms with E-state index in [4.69, 9.17) is 4.74 Å². The molecule has 2 rings (SSSR count). The van der Waals surface area contributed by atoms with Crippen molar-refractivity contribution in [3.05, 3.63) is 18.2 Å². The van der Waals surface area contributed by atoms with E-state index < -0.39 is 0 Å². The molecule has 2 amide bonds. The second-order valence-electron chi connectivity index (χ2n) is 6.02. The minimum atomic E-state index is 0.000696. The quantitative estimate of drug-likeness (QED) is 0.878. The number of amides is 2. The number of carbonyl (C=O) groups excluding carboxylic acids is 2. The molecule has 0 atom stereocenters. The average Bonchev–Trinajstić information content (AvgIpc) is 2.91. The van der Waals surface area contributed by atoms with Crippen molar-refractivity contribution < 1.29 is 14.3 Å². The normalized spacial score (nSPS) is 14.5. The number of rotatable bonds is 6. The number of hydrogen-bond donors (Lipinski definition) is 1. The van der Waals surface area contributed by atoms with Gasteiger partial charge in [0.25, 0.3) is 0 Å². The van der Waals surface area contributed by atoms with Gasteiger partial charge in [-0.2, -0.15) is 0 Å². The third-order valence-corrected chi connectivity index (χ3v) is 3.78. The molecule has 0 saturated carbocycles. The maximum atomic E-state index is 11.9. The molecule has 0 spiro atoms. The lowest BCUT2D eigenvalue weighted by Gasteiger charge is -2.19. The summed E-state index contributed by atoms with van der Waals surface area (Å²) in [5.41, 5.74) is 1.46. The van der Waals surface area contributed by atoms with Crippen molar-refractivity contribution in [3.63, 3.8) is 0 Å². The van der Waals surface area contributed by atoms with Crippen LogP contribution in [0.25, 0.3) is 0 Å². The Balaban J connectivity index is 2.08. The molecule has 5 nitrogen and oxygen atoms in total. The number of ether oxygens (including phenoxy) is 1. The second kappa shape index (κ2) is 7.29. The molecular weight excluding hydrogens is 280 g/mol. The first-order valence-corrected chi connectivity index (χ1v) is 7.79. The van der Waals surface area contributed by atoms with Crippen LogP contribution in [0.5, 0.6) is 5.75 Å². The molecule has 1 heterocycles. The molecule has 1 aliphatic rings. The van der Waals surface area contributed by atoms with Crippen molar-refractivity contribution in [2.24, 2.45) is 5.92 Å². The van der Waals surface area contributed by atoms with E-state index >= 15 is 0 Å². The number of carbonyl (C=O) groups is 2. The van der Waals surface area contributed by atoms with Crippen molar-refractivity contribution >= 4 is 23.2 Å². The lowest BCUT2D eigenvalue weighted by atomic mass is 10.1. The summed E-state index contributed by atoms with van der Waals surface area (Å²) in [7, 11) is 1.57. The highest BCUT2D eigenvalue weighted by molar-refractivity contribution is 5.97. The van der Waals surface area contributed by atoms with Gasteiger partial charge in [0, 0.05) is 31.1 Å². The van der Waals surface area contributed by atoms with Crippen LogP contribution in [0.3, 0.4) is 0 Å². The maximum Gasteiger partial charge on any atom is 0.227 e. The van der Waals surface area contributed by atoms with Crippen molar-refractivity contribution in [2.75, 3.05) is 23.9 Å². The van der Waals surface area contributed by atoms with Crippen molar-refractivity contribution in [2.45, 2.75) is 39.5 Å². The minimum Gasteiger partial charge on any atom is -0.494 e. The fraction of sp³-hybridized carbons (Fsp3) is 0.529. The summed E-state index contributed by atoms with van der Waals surface area (Å²) in [6, 6.07) is 5.42. The predicted molar refractivity (Wildman–Crippen MR) is 87.3 cm³/mol. The van der Waals surface area contributed by atoms with Gasteiger partial charge in [-0.1, -0.05) is 13.8 Å². The van der Waals surface area contributed by atoms with Crippen molar-refractivity contribution in [1.82, 2.24) is 0 Å². The third-order valence-electron chi connectivity index (χ3n) is 3.78. The van der Waals surface area contributed by atoms with Crippen LogP contribution in [-0.4, -0.2) is 25.5 Å². The first-order chi connectivity index (χ1) is 10.5. The van der Waals surface area contributed by atoms with E-state index in [1.54, 1.807) is 18.1 Å². The van der Waals surface area contributed by atoms with Crippen LogP contribution in [0, 0.1) is 5.92 Å². The van der Waals surface area contributed by atoms with Gasteiger partial charge in [0.15, 0.2) is 0 Å². The van der Waals surface area contributed by atoms with Gasteiger partial charge in [0.1, 0.15) is 5.75 Å². The fourth-order valence-electron chi connectivity index (χ4n) is 2.52. The Labute approximate surface area is 131 Å². The van der Waals surface area contributed by atoms with Gasteiger partial charge >= 0.3 is 0 Å². The van der Waals surface area contributed by atoms with Gasteiger partial charge in [-0.05, 0) is 30.9 Å². The molecule has 0 aromatic heterocycles. The lowest BCUT2D eigenvalue weighted by molar-refractivity contribution is -0.117. The molecule has 0 bridgehead atoms. The van der Waals surface area contributed by atoms with E-state index in [0.717, 1.165) is 25.1 Å². The Morgan fingerprint density at radius 3 is 2.77 bits per heavy atom. The zero-order valence-corrected chi connectivity index (χ0v) is 13.5. The van der Waals surface area contributed by atoms with Gasteiger partial charge in [0.05, 0.1) is 12.8 Å². The van der Waals surface area contributed by atoms with Crippen LogP contribution in [0.2, 0.25) is 0 Å². The Kier molecular flexibility index (Phi) is 5.41. The number of anilines is 2. The van der Waals surface area contributed by atoms with E-state index in [1.165, 1.54) is 0 Å². The smallest absolute Gasteiger partial charge is 0.227 e. The zero-order valence-electron chi connectivity index (χ0n) is 13.5. The fourth-order valence-corrected chi connectivity index (χ4v) is 2.52. The van der Waals surface area contributed by atoms with Gasteiger partial charge in [-0.25, -0.2) is 0 Å². The van der Waals surface area contributed by atoms with Crippen LogP contribution in [0.1, 0.15) is 39.5 Å². The number of hydrogen-bond acceptors (Lipinski definition) is 3. The van der Waals surface area contributed by atoms with E-state index in [0.29, 0.717) is 30.2 Å². The van der Waals surface area contributed by atoms with Crippen LogP contribution in [-0.2, 0) is 9.59 Å². The molecule has 0 aliphatic carbocycles. The first kappa shape index (κ1) is 16.3. The van der Waals surface area contributed by atoms with Gasteiger partial charge in [0.2, 0.25) is 11.8 Å². The Morgan fingerprint density at radius 2 is 2.18 bits per heavy atom. The topological polar surface area (TPSA) is 58.6 Å². The van der Waals surface area contributed by atoms with Crippen LogP contribution in [0.15, 0.2) is 18.2 Å². The second-order valence-corrected chi connectivity index (χ2v) is 6.02. The zero-order chi connectivity index (χ0) is 16.1. The van der Waals surface area contributed by atoms with Crippen molar-refractivity contribution in [3.8, 4) is 5.75 Å². The van der Waals surface area contributed by atoms with Gasteiger partial charge < -0.3 is 15.0 Å². The van der Waals surface area contributed by atoms with E-state index in [9.17, 15) is 9.59 Å². The molecule has 22 heavy (non-hydrogen) atoms. The van der Waals surface area contributed by atoms with Crippen LogP contribution >= 0.6 is 0 Å². The molecule has 1 aromatic carbocycles. The number of methoxy groups -OCH3 is 1. The molecule has 0 radical (unpaired) electrons. The monoisotopic (exact) mass is 304 g/mol. The largest absolute Gasteiger partial charge is 0.494 e. The SMILES string of the molecule is COc1cc(NC(=O)CCC(C)C)ccc1N1CCCC1=O. The molecule has 120 valence electrons. The summed E-state index contributed by atoms with van der Waals surface area (Å²) in [5.74, 6) is 1.23. The summed E-state index contributed by atoms with van der Waals surface area (Å²) >= 11 is 0. The predicted octanol–water partition coefficient (Wildman–Crippen LogP) is 3.20. The average molecular weight is 304 g/mol. The summed E-state index contributed by atoms with van der Waals surface area (Å²) < 4.78 is 5.38. The summed E-state index contributed by atoms with van der Waals surface area (Å²) in [6.07, 6.45) is 2.82. The molecule has 0 unspecified atom stereocenters. The van der Waals surface area contributed by atoms with Crippen LogP contribution in [0.4, 0.5) is 11.4 Å². The first-order valence-electron chi connectivity index (χ1n) is 7.79. The molecular formula is C17H24N2O3. The molecule has 1 saturated heterocycles. The highest BCUT2D eigenvalue weighted by atomic mass is 16.5. The summed E-state index contributed by atoms with van der Waals surface area (Å²) in [6.45, 7) is 4.91. The highest BCUT2D eigenvalue weighted by Gasteiger charge is 2.24. The third kappa shape index (κ3) is 4.00. The highest BCUT2D eigenvalue weighted by Crippen LogP contribution is 2.33. The summed E-state index contributed by atoms with van der Waals surface area (Å²) in [5, 5.41) is 2.88. The lowest BCUT2D eigenvalue weighted by Crippen LogP contribution is -2.24. The van der Waals surface area contributed by atoms with Gasteiger partial charge in [-0.15, -0.1) is 0 Å². The number of benzene rings is 1. The van der Waals surface area contributed by atoms with Gasteiger partial charge in [-0.3, -0.25) is 9.59 Å². The minimum absolute atomic E-state index is 0.000696. The van der Waals surface area contributed by atoms with Crippen molar-refractivity contribution in [1.29, 1.82) is 0 Å². The van der Waals surface area contributed by atoms with E-state index in [1.807, 2.05) is 12.1 Å². The molecule has 1 fully saturated rings. The standard InChI is InChI=1S/C17H24N2O3/c1-12(2)6-9-16(20)18-13-7-8-14(15(11-13)22-3)19-10-4-5-17(19)21/h7-8,11-12H,4-6,9-10H2,1-3H3,(H,18,20). The molecule has 5 heteroatoms. The number of nitrogens with zero attached hydrogens (tertiary/aromatic N) is 1. The van der Waals surface area contributed by atoms with E-state index in [2.05, 4.69) is 19.2 Å². The Hall–Kier alpha value is -2.04. The Morgan fingerprint density at radius 1 is 1.41 bits per heavy atom. The summed E-state index contributed by atoms with van der Waals surface area (Å²) in [4.78, 5) is 25.5. The molecule has 1 aliphatic heterocycles. The number of nitrogens with one attached hydrogen (secondary N) is 1.